The van der Waals surface area contributed by atoms with E-state index in [-0.39, 0.29) is 24.2 Å². The Morgan fingerprint density at radius 2 is 1.56 bits per heavy atom. The Hall–Kier alpha value is -3.90. The van der Waals surface area contributed by atoms with Crippen LogP contribution in [0, 0.1) is 11.7 Å². The Labute approximate surface area is 232 Å². The van der Waals surface area contributed by atoms with Gasteiger partial charge in [0, 0.05) is 34.0 Å². The van der Waals surface area contributed by atoms with E-state index in [1.807, 2.05) is 47.4 Å². The van der Waals surface area contributed by atoms with Gasteiger partial charge in [-0.3, -0.25) is 9.59 Å². The summed E-state index contributed by atoms with van der Waals surface area (Å²) >= 11 is 1.50. The molecule has 4 aromatic carbocycles. The van der Waals surface area contributed by atoms with Crippen molar-refractivity contribution in [2.45, 2.75) is 35.6 Å². The zero-order valence-corrected chi connectivity index (χ0v) is 22.4. The molecule has 0 atom stereocenters. The predicted octanol–water partition coefficient (Wildman–Crippen LogP) is 7.23. The van der Waals surface area contributed by atoms with Crippen LogP contribution in [0.2, 0.25) is 0 Å². The van der Waals surface area contributed by atoms with Crippen molar-refractivity contribution in [3.8, 4) is 0 Å². The lowest BCUT2D eigenvalue weighted by molar-refractivity contribution is 0.0690. The van der Waals surface area contributed by atoms with Crippen LogP contribution in [0.5, 0.6) is 0 Å². The number of carbonyl (C=O) groups is 2. The summed E-state index contributed by atoms with van der Waals surface area (Å²) in [5.74, 6) is -0.0256. The number of hydrogen-bond donors (Lipinski definition) is 0. The van der Waals surface area contributed by atoms with Crippen LogP contribution in [0.15, 0.2) is 107 Å². The third kappa shape index (κ3) is 5.34. The number of piperidine rings is 1. The number of likely N-dealkylation sites (tertiary alicyclic amines) is 1. The summed E-state index contributed by atoms with van der Waals surface area (Å²) in [6.45, 7) is 1.51. The van der Waals surface area contributed by atoms with Crippen molar-refractivity contribution in [3.05, 3.63) is 125 Å². The van der Waals surface area contributed by atoms with Crippen molar-refractivity contribution in [2.24, 2.45) is 5.92 Å². The molecule has 4 nitrogen and oxygen atoms in total. The summed E-state index contributed by atoms with van der Waals surface area (Å²) in [5, 5.41) is 0. The van der Waals surface area contributed by atoms with Gasteiger partial charge in [-0.05, 0) is 67.1 Å². The number of nitrogens with zero attached hydrogens (tertiary/aromatic N) is 2. The van der Waals surface area contributed by atoms with Crippen LogP contribution < -0.4 is 4.90 Å². The first-order chi connectivity index (χ1) is 19.1. The maximum atomic E-state index is 14.7. The SMILES string of the molecule is O=C(c1ccc2c(c1)N(Cc1ccccc1F)C(=O)c1ccccc1S2)N1CCC(Cc2ccccc2)CC1. The van der Waals surface area contributed by atoms with Gasteiger partial charge >= 0.3 is 0 Å². The van der Waals surface area contributed by atoms with E-state index in [1.165, 1.54) is 23.4 Å². The molecule has 39 heavy (non-hydrogen) atoms. The maximum absolute atomic E-state index is 14.7. The lowest BCUT2D eigenvalue weighted by Gasteiger charge is -2.32. The van der Waals surface area contributed by atoms with Crippen molar-refractivity contribution >= 4 is 29.3 Å². The fourth-order valence-electron chi connectivity index (χ4n) is 5.48. The number of rotatable bonds is 5. The molecule has 1 saturated heterocycles. The first-order valence-corrected chi connectivity index (χ1v) is 14.2. The molecule has 6 heteroatoms. The Bertz CT molecular complexity index is 1520. The minimum absolute atomic E-state index is 0.0268. The Balaban J connectivity index is 1.26. The number of hydrogen-bond acceptors (Lipinski definition) is 3. The fraction of sp³-hybridized carbons (Fsp3) is 0.212. The Morgan fingerprint density at radius 3 is 2.36 bits per heavy atom. The highest BCUT2D eigenvalue weighted by Gasteiger charge is 2.30. The molecule has 0 spiro atoms. The Morgan fingerprint density at radius 1 is 0.846 bits per heavy atom. The lowest BCUT2D eigenvalue weighted by Crippen LogP contribution is -2.39. The van der Waals surface area contributed by atoms with Crippen LogP contribution in [0.4, 0.5) is 10.1 Å². The van der Waals surface area contributed by atoms with E-state index in [2.05, 4.69) is 24.3 Å². The lowest BCUT2D eigenvalue weighted by atomic mass is 9.90. The molecule has 4 aromatic rings. The van der Waals surface area contributed by atoms with Gasteiger partial charge < -0.3 is 9.80 Å². The molecule has 0 aromatic heterocycles. The molecule has 6 rings (SSSR count). The first-order valence-electron chi connectivity index (χ1n) is 13.4. The molecule has 2 heterocycles. The minimum Gasteiger partial charge on any atom is -0.339 e. The van der Waals surface area contributed by atoms with Gasteiger partial charge in [-0.1, -0.05) is 72.4 Å². The molecule has 2 amide bonds. The van der Waals surface area contributed by atoms with Gasteiger partial charge in [0.2, 0.25) is 0 Å². The third-order valence-corrected chi connectivity index (χ3v) is 8.78. The molecule has 196 valence electrons. The van der Waals surface area contributed by atoms with Crippen LogP contribution in [-0.2, 0) is 13.0 Å². The molecule has 2 aliphatic rings. The number of benzene rings is 4. The van der Waals surface area contributed by atoms with E-state index in [0.717, 1.165) is 29.1 Å². The zero-order valence-electron chi connectivity index (χ0n) is 21.6. The standard InChI is InChI=1S/C33H29FN2O2S/c34-28-12-6-4-10-26(28)22-36-29-21-25(14-15-31(29)39-30-13-7-5-11-27(30)33(36)38)32(37)35-18-16-24(17-19-35)20-23-8-2-1-3-9-23/h1-15,21,24H,16-20,22H2. The topological polar surface area (TPSA) is 40.6 Å². The van der Waals surface area contributed by atoms with Crippen molar-refractivity contribution in [1.29, 1.82) is 0 Å². The summed E-state index contributed by atoms with van der Waals surface area (Å²) < 4.78 is 14.7. The molecule has 2 aliphatic heterocycles. The first kappa shape index (κ1) is 25.4. The number of carbonyl (C=O) groups excluding carboxylic acids is 2. The Kier molecular flexibility index (Phi) is 7.20. The van der Waals surface area contributed by atoms with Crippen molar-refractivity contribution < 1.29 is 14.0 Å². The second-order valence-corrected chi connectivity index (χ2v) is 11.3. The molecule has 0 saturated carbocycles. The quantitative estimate of drug-likeness (QED) is 0.270. The van der Waals surface area contributed by atoms with Gasteiger partial charge in [0.15, 0.2) is 0 Å². The van der Waals surface area contributed by atoms with E-state index >= 15 is 0 Å². The molecule has 0 radical (unpaired) electrons. The van der Waals surface area contributed by atoms with Crippen LogP contribution in [0.25, 0.3) is 0 Å². The molecule has 0 bridgehead atoms. The van der Waals surface area contributed by atoms with Crippen LogP contribution in [-0.4, -0.2) is 29.8 Å². The minimum atomic E-state index is -0.359. The molecule has 0 aliphatic carbocycles. The smallest absolute Gasteiger partial charge is 0.259 e. The average molecular weight is 537 g/mol. The summed E-state index contributed by atoms with van der Waals surface area (Å²) in [6, 6.07) is 30.1. The molecular formula is C33H29FN2O2S. The van der Waals surface area contributed by atoms with E-state index in [4.69, 9.17) is 0 Å². The molecule has 0 unspecified atom stereocenters. The highest BCUT2D eigenvalue weighted by Crippen LogP contribution is 2.42. The zero-order chi connectivity index (χ0) is 26.8. The van der Waals surface area contributed by atoms with Crippen LogP contribution in [0.3, 0.4) is 0 Å². The highest BCUT2D eigenvalue weighted by molar-refractivity contribution is 7.99. The number of fused-ring (bicyclic) bond motifs is 2. The summed E-state index contributed by atoms with van der Waals surface area (Å²) in [7, 11) is 0. The van der Waals surface area contributed by atoms with Crippen molar-refractivity contribution in [3.63, 3.8) is 0 Å². The predicted molar refractivity (Wildman–Crippen MR) is 153 cm³/mol. The normalized spacial score (nSPS) is 15.5. The highest BCUT2D eigenvalue weighted by atomic mass is 32.2. The molecular weight excluding hydrogens is 507 g/mol. The monoisotopic (exact) mass is 536 g/mol. The van der Waals surface area contributed by atoms with Gasteiger partial charge in [0.05, 0.1) is 17.8 Å². The van der Waals surface area contributed by atoms with E-state index in [0.29, 0.717) is 41.4 Å². The largest absolute Gasteiger partial charge is 0.339 e. The number of amides is 2. The summed E-state index contributed by atoms with van der Waals surface area (Å²) in [6.07, 6.45) is 2.97. The van der Waals surface area contributed by atoms with Gasteiger partial charge in [-0.2, -0.15) is 0 Å². The second-order valence-electron chi connectivity index (χ2n) is 10.2. The summed E-state index contributed by atoms with van der Waals surface area (Å²) in [4.78, 5) is 32.6. The third-order valence-electron chi connectivity index (χ3n) is 7.63. The van der Waals surface area contributed by atoms with Gasteiger partial charge in [-0.25, -0.2) is 4.39 Å². The van der Waals surface area contributed by atoms with E-state index in [1.54, 1.807) is 29.2 Å². The summed E-state index contributed by atoms with van der Waals surface area (Å²) in [5.41, 5.74) is 3.52. The van der Waals surface area contributed by atoms with Crippen LogP contribution in [0.1, 0.15) is 44.7 Å². The van der Waals surface area contributed by atoms with Crippen molar-refractivity contribution in [1.82, 2.24) is 4.90 Å². The molecule has 1 fully saturated rings. The van der Waals surface area contributed by atoms with Gasteiger partial charge in [-0.15, -0.1) is 0 Å². The van der Waals surface area contributed by atoms with Crippen LogP contribution >= 0.6 is 11.8 Å². The van der Waals surface area contributed by atoms with Crippen molar-refractivity contribution in [2.75, 3.05) is 18.0 Å². The fourth-order valence-corrected chi connectivity index (χ4v) is 6.54. The van der Waals surface area contributed by atoms with E-state index < -0.39 is 0 Å². The number of anilines is 1. The van der Waals surface area contributed by atoms with Gasteiger partial charge in [0.1, 0.15) is 5.82 Å². The maximum Gasteiger partial charge on any atom is 0.259 e. The average Bonchev–Trinajstić information content (AvgIpc) is 3.08. The van der Waals surface area contributed by atoms with E-state index in [9.17, 15) is 14.0 Å². The number of halogens is 1. The molecule has 0 N–H and O–H groups in total. The second kappa shape index (κ2) is 11.1. The van der Waals surface area contributed by atoms with Gasteiger partial charge in [0.25, 0.3) is 11.8 Å².